The summed E-state index contributed by atoms with van der Waals surface area (Å²) in [6, 6.07) is 0. The summed E-state index contributed by atoms with van der Waals surface area (Å²) >= 11 is 0. The van der Waals surface area contributed by atoms with Gasteiger partial charge < -0.3 is 20.5 Å². The fraction of sp³-hybridized carbons (Fsp3) is 0.778. The molecule has 0 aliphatic rings. The quantitative estimate of drug-likeness (QED) is 0.384. The molecule has 6 nitrogen and oxygen atoms in total. The number of nitrogens with one attached hydrogen (secondary N) is 2. The van der Waals surface area contributed by atoms with Gasteiger partial charge in [-0.15, -0.1) is 12.4 Å². The third-order valence-corrected chi connectivity index (χ3v) is 1.73. The molecule has 0 saturated heterocycles. The van der Waals surface area contributed by atoms with Gasteiger partial charge in [0.25, 0.3) is 0 Å². The number of halogens is 1. The summed E-state index contributed by atoms with van der Waals surface area (Å²) in [7, 11) is 1.35. The van der Waals surface area contributed by atoms with E-state index >= 15 is 0 Å². The monoisotopic (exact) mass is 254 g/mol. The van der Waals surface area contributed by atoms with Crippen LogP contribution in [0, 0.1) is 0 Å². The molecule has 0 heterocycles. The van der Waals surface area contributed by atoms with Crippen molar-refractivity contribution in [2.24, 2.45) is 0 Å². The van der Waals surface area contributed by atoms with Gasteiger partial charge in [0.2, 0.25) is 0 Å². The summed E-state index contributed by atoms with van der Waals surface area (Å²) in [5.74, 6) is -1.13. The third-order valence-electron chi connectivity index (χ3n) is 1.73. The lowest BCUT2D eigenvalue weighted by Gasteiger charge is -2.03. The summed E-state index contributed by atoms with van der Waals surface area (Å²) < 4.78 is 4.44. The molecule has 7 heteroatoms. The predicted molar refractivity (Wildman–Crippen MR) is 61.9 cm³/mol. The first kappa shape index (κ1) is 17.5. The summed E-state index contributed by atoms with van der Waals surface area (Å²) in [6.45, 7) is 1.62. The van der Waals surface area contributed by atoms with Crippen molar-refractivity contribution < 1.29 is 19.4 Å². The average molecular weight is 255 g/mol. The number of unbranched alkanes of at least 4 members (excludes halogenated alkanes) is 1. The van der Waals surface area contributed by atoms with Crippen LogP contribution in [0.4, 0.5) is 0 Å². The van der Waals surface area contributed by atoms with Crippen molar-refractivity contribution in [2.75, 3.05) is 33.3 Å². The van der Waals surface area contributed by atoms with Crippen molar-refractivity contribution in [2.45, 2.75) is 12.8 Å². The van der Waals surface area contributed by atoms with E-state index < -0.39 is 5.97 Å². The maximum absolute atomic E-state index is 10.7. The maximum Gasteiger partial charge on any atom is 0.319 e. The van der Waals surface area contributed by atoms with E-state index in [1.54, 1.807) is 0 Å². The van der Waals surface area contributed by atoms with E-state index in [2.05, 4.69) is 15.4 Å². The van der Waals surface area contributed by atoms with Crippen molar-refractivity contribution >= 4 is 24.3 Å². The van der Waals surface area contributed by atoms with Crippen molar-refractivity contribution in [3.05, 3.63) is 0 Å². The zero-order valence-electron chi connectivity index (χ0n) is 9.32. The first-order valence-electron chi connectivity index (χ1n) is 4.87. The van der Waals surface area contributed by atoms with Crippen molar-refractivity contribution in [1.82, 2.24) is 10.6 Å². The van der Waals surface area contributed by atoms with Gasteiger partial charge in [-0.3, -0.25) is 9.59 Å². The second-order valence-corrected chi connectivity index (χ2v) is 3.03. The highest BCUT2D eigenvalue weighted by atomic mass is 35.5. The molecule has 0 atom stereocenters. The molecule has 0 fully saturated rings. The number of esters is 1. The number of ether oxygens (including phenoxy) is 1. The number of carbonyl (C=O) groups is 2. The van der Waals surface area contributed by atoms with Gasteiger partial charge in [-0.25, -0.2) is 0 Å². The van der Waals surface area contributed by atoms with Gasteiger partial charge in [0, 0.05) is 0 Å². The first-order chi connectivity index (χ1) is 7.16. The van der Waals surface area contributed by atoms with Crippen LogP contribution >= 0.6 is 12.4 Å². The SMILES string of the molecule is COC(=O)CNCCCCNCC(=O)O.Cl. The zero-order chi connectivity index (χ0) is 11.5. The van der Waals surface area contributed by atoms with Crippen LogP contribution < -0.4 is 10.6 Å². The molecular formula is C9H19ClN2O4. The van der Waals surface area contributed by atoms with Crippen molar-refractivity contribution in [3.8, 4) is 0 Å². The van der Waals surface area contributed by atoms with Gasteiger partial charge in [0.05, 0.1) is 20.2 Å². The number of carbonyl (C=O) groups excluding carboxylic acids is 1. The highest BCUT2D eigenvalue weighted by molar-refractivity contribution is 5.85. The van der Waals surface area contributed by atoms with Crippen LogP contribution in [0.5, 0.6) is 0 Å². The van der Waals surface area contributed by atoms with Crippen LogP contribution in [-0.4, -0.2) is 50.3 Å². The normalized spacial score (nSPS) is 9.31. The van der Waals surface area contributed by atoms with Crippen LogP contribution in [0.1, 0.15) is 12.8 Å². The smallest absolute Gasteiger partial charge is 0.319 e. The minimum absolute atomic E-state index is 0. The average Bonchev–Trinajstić information content (AvgIpc) is 2.21. The number of methoxy groups -OCH3 is 1. The van der Waals surface area contributed by atoms with Gasteiger partial charge in [-0.05, 0) is 25.9 Å². The fourth-order valence-corrected chi connectivity index (χ4v) is 0.958. The summed E-state index contributed by atoms with van der Waals surface area (Å²) in [5, 5.41) is 14.0. The van der Waals surface area contributed by atoms with Crippen LogP contribution in [-0.2, 0) is 14.3 Å². The molecule has 0 aliphatic heterocycles. The van der Waals surface area contributed by atoms with Gasteiger partial charge in [-0.1, -0.05) is 0 Å². The fourth-order valence-electron chi connectivity index (χ4n) is 0.958. The lowest BCUT2D eigenvalue weighted by Crippen LogP contribution is -2.26. The maximum atomic E-state index is 10.7. The van der Waals surface area contributed by atoms with E-state index in [0.29, 0.717) is 6.54 Å². The Bertz CT molecular complexity index is 202. The molecule has 0 aromatic carbocycles. The number of rotatable bonds is 9. The molecule has 0 bridgehead atoms. The van der Waals surface area contributed by atoms with Gasteiger partial charge in [0.15, 0.2) is 0 Å². The Labute approximate surface area is 101 Å². The molecular weight excluding hydrogens is 236 g/mol. The standard InChI is InChI=1S/C9H18N2O4.ClH/c1-15-9(14)7-11-5-3-2-4-10-6-8(12)13;/h10-11H,2-7H2,1H3,(H,12,13);1H. The summed E-state index contributed by atoms with van der Waals surface area (Å²) in [4.78, 5) is 20.8. The van der Waals surface area contributed by atoms with E-state index in [4.69, 9.17) is 5.11 Å². The molecule has 0 saturated carbocycles. The van der Waals surface area contributed by atoms with Crippen LogP contribution in [0.15, 0.2) is 0 Å². The highest BCUT2D eigenvalue weighted by Crippen LogP contribution is 1.84. The summed E-state index contributed by atoms with van der Waals surface area (Å²) in [6.07, 6.45) is 1.77. The zero-order valence-corrected chi connectivity index (χ0v) is 10.1. The van der Waals surface area contributed by atoms with Crippen LogP contribution in [0.25, 0.3) is 0 Å². The lowest BCUT2D eigenvalue weighted by atomic mass is 10.3. The second kappa shape index (κ2) is 12.2. The molecule has 0 aromatic rings. The minimum atomic E-state index is -0.848. The Hall–Kier alpha value is -0.850. The molecule has 0 radical (unpaired) electrons. The van der Waals surface area contributed by atoms with E-state index in [0.717, 1.165) is 19.4 Å². The Morgan fingerprint density at radius 3 is 2.06 bits per heavy atom. The number of carboxylic acids is 1. The third kappa shape index (κ3) is 13.2. The number of hydrogen-bond acceptors (Lipinski definition) is 5. The van der Waals surface area contributed by atoms with E-state index in [-0.39, 0.29) is 31.5 Å². The molecule has 16 heavy (non-hydrogen) atoms. The molecule has 0 aliphatic carbocycles. The largest absolute Gasteiger partial charge is 0.480 e. The van der Waals surface area contributed by atoms with Crippen molar-refractivity contribution in [3.63, 3.8) is 0 Å². The molecule has 96 valence electrons. The molecule has 0 aromatic heterocycles. The topological polar surface area (TPSA) is 87.7 Å². The number of carboxylic acid groups (broad SMARTS) is 1. The second-order valence-electron chi connectivity index (χ2n) is 3.03. The van der Waals surface area contributed by atoms with Crippen LogP contribution in [0.2, 0.25) is 0 Å². The summed E-state index contributed by atoms with van der Waals surface area (Å²) in [5.41, 5.74) is 0. The van der Waals surface area contributed by atoms with Gasteiger partial charge >= 0.3 is 11.9 Å². The lowest BCUT2D eigenvalue weighted by molar-refractivity contribution is -0.139. The number of aliphatic carboxylic acids is 1. The Morgan fingerprint density at radius 1 is 1.12 bits per heavy atom. The van der Waals surface area contributed by atoms with E-state index in [9.17, 15) is 9.59 Å². The first-order valence-corrected chi connectivity index (χ1v) is 4.87. The Morgan fingerprint density at radius 2 is 1.62 bits per heavy atom. The minimum Gasteiger partial charge on any atom is -0.480 e. The molecule has 0 unspecified atom stereocenters. The highest BCUT2D eigenvalue weighted by Gasteiger charge is 1.98. The molecule has 3 N–H and O–H groups in total. The van der Waals surface area contributed by atoms with E-state index in [1.807, 2.05) is 0 Å². The molecule has 0 spiro atoms. The van der Waals surface area contributed by atoms with E-state index in [1.165, 1.54) is 7.11 Å². The Kier molecular flexibility index (Phi) is 13.4. The van der Waals surface area contributed by atoms with Gasteiger partial charge in [-0.2, -0.15) is 0 Å². The number of hydrogen-bond donors (Lipinski definition) is 3. The van der Waals surface area contributed by atoms with Crippen LogP contribution in [0.3, 0.4) is 0 Å². The molecule has 0 amide bonds. The predicted octanol–water partition coefficient (Wildman–Crippen LogP) is -0.375. The Balaban J connectivity index is 0. The van der Waals surface area contributed by atoms with Gasteiger partial charge in [0.1, 0.15) is 0 Å². The van der Waals surface area contributed by atoms with Crippen molar-refractivity contribution in [1.29, 1.82) is 0 Å². The molecule has 0 rings (SSSR count).